The van der Waals surface area contributed by atoms with Crippen LogP contribution in [0.5, 0.6) is 0 Å². The zero-order valence-electron chi connectivity index (χ0n) is 5.74. The molecule has 0 unspecified atom stereocenters. The molecule has 0 aromatic rings. The highest BCUT2D eigenvalue weighted by Crippen LogP contribution is 1.80. The molecule has 0 fully saturated rings. The SMILES string of the molecule is [CH2]C/C=C/CC.[Cl][Mg][Cl]. The van der Waals surface area contributed by atoms with E-state index in [1.54, 1.807) is 0 Å². The quantitative estimate of drug-likeness (QED) is 0.450. The minimum Gasteiger partial charge on any atom is -0.309 e. The van der Waals surface area contributed by atoms with Crippen molar-refractivity contribution in [3.63, 3.8) is 0 Å². The first kappa shape index (κ1) is 12.7. The number of halogens is 2. The molecule has 51 valence electrons. The fourth-order valence-corrected chi connectivity index (χ4v) is 0.285. The molecule has 0 aliphatic heterocycles. The molecule has 9 heavy (non-hydrogen) atoms. The molecule has 3 heteroatoms. The lowest BCUT2D eigenvalue weighted by atomic mass is 10.4. The standard InChI is InChI=1S/C6H11.2ClH.Mg/c1-3-5-6-4-2;;;/h5-6H,1,3-4H2,2H3;2*1H;/q;;;+2/p-2/b6-5+;;;. The summed E-state index contributed by atoms with van der Waals surface area (Å²) in [7, 11) is 9.81. The van der Waals surface area contributed by atoms with E-state index in [1.807, 2.05) is 0 Å². The Morgan fingerprint density at radius 2 is 1.89 bits per heavy atom. The molecule has 0 N–H and O–H groups in total. The second-order valence-corrected chi connectivity index (χ2v) is 3.90. The van der Waals surface area contributed by atoms with Gasteiger partial charge in [0.1, 0.15) is 0 Å². The van der Waals surface area contributed by atoms with Gasteiger partial charge in [-0.05, 0) is 19.8 Å². The second-order valence-electron chi connectivity index (χ2n) is 1.27. The molecule has 0 saturated carbocycles. The molecule has 0 aromatic carbocycles. The van der Waals surface area contributed by atoms with Crippen molar-refractivity contribution >= 4 is 36.3 Å². The number of hydrogen-bond donors (Lipinski definition) is 0. The van der Waals surface area contributed by atoms with Crippen LogP contribution in [0.2, 0.25) is 0 Å². The van der Waals surface area contributed by atoms with Crippen LogP contribution in [0.15, 0.2) is 12.2 Å². The second kappa shape index (κ2) is 16.0. The van der Waals surface area contributed by atoms with Crippen molar-refractivity contribution in [3.8, 4) is 0 Å². The summed E-state index contributed by atoms with van der Waals surface area (Å²) in [6, 6.07) is 0. The summed E-state index contributed by atoms with van der Waals surface area (Å²) in [6.07, 6.45) is 6.25. The highest BCUT2D eigenvalue weighted by atomic mass is 35.6. The fourth-order valence-electron chi connectivity index (χ4n) is 0.285. The number of allylic oxidation sites excluding steroid dienone is 2. The van der Waals surface area contributed by atoms with Gasteiger partial charge in [-0.15, -0.1) is 0 Å². The largest absolute Gasteiger partial charge is 0.618 e. The summed E-state index contributed by atoms with van der Waals surface area (Å²) in [6.45, 7) is 5.75. The first-order chi connectivity index (χ1) is 4.33. The van der Waals surface area contributed by atoms with E-state index >= 15 is 0 Å². The molecule has 0 bridgehead atoms. The maximum absolute atomic E-state index is 4.90. The van der Waals surface area contributed by atoms with Crippen molar-refractivity contribution in [3.05, 3.63) is 19.1 Å². The van der Waals surface area contributed by atoms with Crippen LogP contribution >= 0.6 is 18.1 Å². The van der Waals surface area contributed by atoms with Gasteiger partial charge in [-0.1, -0.05) is 19.1 Å². The zero-order valence-corrected chi connectivity index (χ0v) is 8.67. The molecule has 0 spiro atoms. The molecule has 0 aromatic heterocycles. The van der Waals surface area contributed by atoms with E-state index in [2.05, 4.69) is 26.0 Å². The van der Waals surface area contributed by atoms with Gasteiger partial charge in [-0.3, -0.25) is 0 Å². The molecular formula is C6H11Cl2Mg. The van der Waals surface area contributed by atoms with Gasteiger partial charge in [0, 0.05) is 0 Å². The average molecular weight is 178 g/mol. The number of hydrogen-bond acceptors (Lipinski definition) is 0. The molecule has 0 rings (SSSR count). The summed E-state index contributed by atoms with van der Waals surface area (Å²) in [5, 5.41) is 0. The van der Waals surface area contributed by atoms with E-state index in [9.17, 15) is 0 Å². The van der Waals surface area contributed by atoms with Crippen LogP contribution in [0, 0.1) is 6.92 Å². The van der Waals surface area contributed by atoms with Gasteiger partial charge in [-0.2, -0.15) is 0 Å². The normalized spacial score (nSPS) is 8.00. The van der Waals surface area contributed by atoms with E-state index in [1.165, 1.54) is 0 Å². The molecule has 0 nitrogen and oxygen atoms in total. The average Bonchev–Trinajstić information content (AvgIpc) is 1.86. The third-order valence-electron chi connectivity index (χ3n) is 0.569. The highest BCUT2D eigenvalue weighted by Gasteiger charge is 1.64. The molecule has 0 atom stereocenters. The van der Waals surface area contributed by atoms with Gasteiger partial charge < -0.3 is 18.1 Å². The lowest BCUT2D eigenvalue weighted by Crippen LogP contribution is -1.51. The van der Waals surface area contributed by atoms with Crippen LogP contribution in [0.3, 0.4) is 0 Å². The molecule has 0 heterocycles. The Hall–Kier alpha value is 1.09. The van der Waals surface area contributed by atoms with Crippen molar-refractivity contribution in [2.45, 2.75) is 19.8 Å². The highest BCUT2D eigenvalue weighted by molar-refractivity contribution is 7.22. The molecule has 0 aliphatic carbocycles. The van der Waals surface area contributed by atoms with Crippen molar-refractivity contribution in [1.82, 2.24) is 0 Å². The molecular weight excluding hydrogens is 167 g/mol. The van der Waals surface area contributed by atoms with E-state index in [-0.39, 0.29) is 0 Å². The lowest BCUT2D eigenvalue weighted by molar-refractivity contribution is 1.20. The lowest BCUT2D eigenvalue weighted by Gasteiger charge is -1.72. The molecule has 1 radical (unpaired) electrons. The van der Waals surface area contributed by atoms with E-state index in [0.717, 1.165) is 12.8 Å². The Morgan fingerprint density at radius 1 is 1.44 bits per heavy atom. The first-order valence-corrected chi connectivity index (χ1v) is 7.17. The Bertz CT molecular complexity index is 49.0. The Labute approximate surface area is 74.9 Å². The topological polar surface area (TPSA) is 0 Å². The van der Waals surface area contributed by atoms with Crippen molar-refractivity contribution in [2.24, 2.45) is 0 Å². The molecule has 0 saturated heterocycles. The van der Waals surface area contributed by atoms with Crippen molar-refractivity contribution < 1.29 is 0 Å². The van der Waals surface area contributed by atoms with Crippen LogP contribution < -0.4 is 0 Å². The van der Waals surface area contributed by atoms with Gasteiger partial charge in [-0.25, -0.2) is 0 Å². The summed E-state index contributed by atoms with van der Waals surface area (Å²) in [5.41, 5.74) is 0. The first-order valence-electron chi connectivity index (χ1n) is 2.89. The molecule has 0 aliphatic rings. The maximum atomic E-state index is 4.90. The molecule has 0 amide bonds. The minimum atomic E-state index is -0.639. The van der Waals surface area contributed by atoms with Gasteiger partial charge in [0.25, 0.3) is 0 Å². The predicted molar refractivity (Wildman–Crippen MR) is 46.9 cm³/mol. The Balaban J connectivity index is 0. The summed E-state index contributed by atoms with van der Waals surface area (Å²) < 4.78 is 0. The van der Waals surface area contributed by atoms with Crippen LogP contribution in [-0.2, 0) is 0 Å². The van der Waals surface area contributed by atoms with E-state index < -0.39 is 18.2 Å². The number of rotatable bonds is 2. The van der Waals surface area contributed by atoms with E-state index in [4.69, 9.17) is 18.1 Å². The third kappa shape index (κ3) is 27.3. The predicted octanol–water partition coefficient (Wildman–Crippen LogP) is 3.17. The Kier molecular flexibility index (Phi) is 22.7. The third-order valence-corrected chi connectivity index (χ3v) is 0.569. The monoisotopic (exact) mass is 177 g/mol. The summed E-state index contributed by atoms with van der Waals surface area (Å²) in [4.78, 5) is 0. The van der Waals surface area contributed by atoms with Crippen molar-refractivity contribution in [1.29, 1.82) is 0 Å². The minimum absolute atomic E-state index is 0.639. The van der Waals surface area contributed by atoms with E-state index in [0.29, 0.717) is 0 Å². The van der Waals surface area contributed by atoms with Crippen LogP contribution in [0.4, 0.5) is 0 Å². The van der Waals surface area contributed by atoms with Gasteiger partial charge in [0.05, 0.1) is 0 Å². The van der Waals surface area contributed by atoms with Crippen LogP contribution in [0.1, 0.15) is 19.8 Å². The zero-order chi connectivity index (χ0) is 7.54. The van der Waals surface area contributed by atoms with Gasteiger partial charge in [0.2, 0.25) is 0 Å². The van der Waals surface area contributed by atoms with Crippen molar-refractivity contribution in [2.75, 3.05) is 0 Å². The summed E-state index contributed by atoms with van der Waals surface area (Å²) >= 11 is -0.639. The van der Waals surface area contributed by atoms with Gasteiger partial charge >= 0.3 is 18.2 Å². The Morgan fingerprint density at radius 3 is 2.00 bits per heavy atom. The maximum Gasteiger partial charge on any atom is 0.618 e. The van der Waals surface area contributed by atoms with Crippen LogP contribution in [-0.4, -0.2) is 18.2 Å². The fraction of sp³-hybridized carbons (Fsp3) is 0.500. The van der Waals surface area contributed by atoms with Crippen LogP contribution in [0.25, 0.3) is 0 Å². The smallest absolute Gasteiger partial charge is 0.309 e. The van der Waals surface area contributed by atoms with Gasteiger partial charge in [0.15, 0.2) is 0 Å². The summed E-state index contributed by atoms with van der Waals surface area (Å²) in [5.74, 6) is 0.